The number of benzene rings is 2. The Balaban J connectivity index is 1.94. The monoisotopic (exact) mass is 329 g/mol. The van der Waals surface area contributed by atoms with E-state index in [1.807, 2.05) is 36.4 Å². The van der Waals surface area contributed by atoms with Crippen molar-refractivity contribution in [1.29, 1.82) is 0 Å². The van der Waals surface area contributed by atoms with E-state index in [1.165, 1.54) is 11.1 Å². The van der Waals surface area contributed by atoms with Crippen molar-refractivity contribution in [2.75, 3.05) is 0 Å². The van der Waals surface area contributed by atoms with Crippen LogP contribution in [0, 0.1) is 6.92 Å². The van der Waals surface area contributed by atoms with Crippen LogP contribution in [-0.2, 0) is 6.42 Å². The lowest BCUT2D eigenvalue weighted by atomic mass is 10.1. The predicted octanol–water partition coefficient (Wildman–Crippen LogP) is 4.64. The topological polar surface area (TPSA) is 50.4 Å². The lowest BCUT2D eigenvalue weighted by Gasteiger charge is -2.08. The second-order valence-corrected chi connectivity index (χ2v) is 6.15. The number of phenolic OH excluding ortho intramolecular Hbond substituents is 1. The molecule has 0 fully saturated rings. The third-order valence-corrected chi connectivity index (χ3v) is 4.52. The van der Waals surface area contributed by atoms with E-state index in [0.717, 1.165) is 34.6 Å². The molecule has 2 aromatic heterocycles. The van der Waals surface area contributed by atoms with Crippen molar-refractivity contribution in [3.63, 3.8) is 0 Å². The van der Waals surface area contributed by atoms with Gasteiger partial charge in [-0.2, -0.15) is 5.10 Å². The SMILES string of the molecule is CCc1ccc(O)c(-c2ccnc3cc(-c4ccccc4C)nn23)c1. The van der Waals surface area contributed by atoms with Gasteiger partial charge in [-0.05, 0) is 42.7 Å². The molecule has 0 amide bonds. The van der Waals surface area contributed by atoms with Crippen LogP contribution in [0.15, 0.2) is 60.8 Å². The quantitative estimate of drug-likeness (QED) is 0.596. The van der Waals surface area contributed by atoms with E-state index < -0.39 is 0 Å². The number of aromatic hydroxyl groups is 1. The number of aryl methyl sites for hydroxylation is 2. The molecule has 4 aromatic rings. The summed E-state index contributed by atoms with van der Waals surface area (Å²) in [5.41, 5.74) is 6.67. The van der Waals surface area contributed by atoms with Crippen LogP contribution in [0.25, 0.3) is 28.2 Å². The van der Waals surface area contributed by atoms with Gasteiger partial charge in [-0.1, -0.05) is 37.3 Å². The Bertz CT molecular complexity index is 1070. The first kappa shape index (κ1) is 15.4. The molecule has 25 heavy (non-hydrogen) atoms. The van der Waals surface area contributed by atoms with Gasteiger partial charge in [-0.25, -0.2) is 9.50 Å². The van der Waals surface area contributed by atoms with Crippen molar-refractivity contribution in [2.45, 2.75) is 20.3 Å². The molecular formula is C21H19N3O. The summed E-state index contributed by atoms with van der Waals surface area (Å²) in [6.07, 6.45) is 2.67. The summed E-state index contributed by atoms with van der Waals surface area (Å²) in [6.45, 7) is 4.17. The number of hydrogen-bond acceptors (Lipinski definition) is 3. The van der Waals surface area contributed by atoms with Gasteiger partial charge < -0.3 is 5.11 Å². The smallest absolute Gasteiger partial charge is 0.156 e. The maximum absolute atomic E-state index is 10.3. The Labute approximate surface area is 146 Å². The summed E-state index contributed by atoms with van der Waals surface area (Å²) in [6, 6.07) is 17.7. The zero-order valence-electron chi connectivity index (χ0n) is 14.3. The van der Waals surface area contributed by atoms with E-state index in [2.05, 4.69) is 31.0 Å². The van der Waals surface area contributed by atoms with Gasteiger partial charge in [0.15, 0.2) is 5.65 Å². The van der Waals surface area contributed by atoms with Gasteiger partial charge in [0.25, 0.3) is 0 Å². The fraction of sp³-hybridized carbons (Fsp3) is 0.143. The zero-order valence-corrected chi connectivity index (χ0v) is 14.3. The molecule has 0 atom stereocenters. The minimum absolute atomic E-state index is 0.248. The number of hydrogen-bond donors (Lipinski definition) is 1. The van der Waals surface area contributed by atoms with Gasteiger partial charge >= 0.3 is 0 Å². The fourth-order valence-electron chi connectivity index (χ4n) is 3.10. The summed E-state index contributed by atoms with van der Waals surface area (Å²) in [5, 5.41) is 15.1. The molecule has 1 N–H and O–H groups in total. The van der Waals surface area contributed by atoms with Gasteiger partial charge in [0.2, 0.25) is 0 Å². The van der Waals surface area contributed by atoms with Crippen molar-refractivity contribution in [3.05, 3.63) is 71.9 Å². The second-order valence-electron chi connectivity index (χ2n) is 6.15. The maximum atomic E-state index is 10.3. The molecule has 0 bridgehead atoms. The molecule has 4 rings (SSSR count). The Morgan fingerprint density at radius 2 is 1.84 bits per heavy atom. The van der Waals surface area contributed by atoms with Crippen LogP contribution in [0.3, 0.4) is 0 Å². The highest BCUT2D eigenvalue weighted by Crippen LogP contribution is 2.31. The van der Waals surface area contributed by atoms with Crippen molar-refractivity contribution in [2.24, 2.45) is 0 Å². The molecule has 0 spiro atoms. The van der Waals surface area contributed by atoms with Crippen LogP contribution in [0.2, 0.25) is 0 Å². The Kier molecular flexibility index (Phi) is 3.73. The van der Waals surface area contributed by atoms with Crippen LogP contribution >= 0.6 is 0 Å². The van der Waals surface area contributed by atoms with Crippen LogP contribution in [-0.4, -0.2) is 19.7 Å². The minimum atomic E-state index is 0.248. The first-order valence-electron chi connectivity index (χ1n) is 8.40. The molecule has 4 nitrogen and oxygen atoms in total. The van der Waals surface area contributed by atoms with Crippen LogP contribution in [0.1, 0.15) is 18.1 Å². The van der Waals surface area contributed by atoms with Crippen LogP contribution < -0.4 is 0 Å². The molecule has 2 heterocycles. The second kappa shape index (κ2) is 6.06. The highest BCUT2D eigenvalue weighted by molar-refractivity contribution is 5.73. The molecule has 0 aliphatic rings. The summed E-state index contributed by atoms with van der Waals surface area (Å²) in [5.74, 6) is 0.248. The molecule has 0 radical (unpaired) electrons. The Morgan fingerprint density at radius 1 is 1.00 bits per heavy atom. The number of fused-ring (bicyclic) bond motifs is 1. The number of nitrogens with zero attached hydrogens (tertiary/aromatic N) is 3. The highest BCUT2D eigenvalue weighted by atomic mass is 16.3. The van der Waals surface area contributed by atoms with E-state index in [4.69, 9.17) is 5.10 Å². The van der Waals surface area contributed by atoms with E-state index in [9.17, 15) is 5.11 Å². The standard InChI is InChI=1S/C21H19N3O/c1-3-15-8-9-20(25)17(12-15)19-10-11-22-21-13-18(23-24(19)21)16-7-5-4-6-14(16)2/h4-13,25H,3H2,1-2H3. The van der Waals surface area contributed by atoms with Gasteiger partial charge in [-0.15, -0.1) is 0 Å². The lowest BCUT2D eigenvalue weighted by molar-refractivity contribution is 0.476. The molecule has 4 heteroatoms. The van der Waals surface area contributed by atoms with Gasteiger partial charge in [0.05, 0.1) is 11.4 Å². The summed E-state index contributed by atoms with van der Waals surface area (Å²) in [7, 11) is 0. The third kappa shape index (κ3) is 2.66. The molecule has 0 aliphatic heterocycles. The molecule has 0 saturated carbocycles. The average Bonchev–Trinajstić information content (AvgIpc) is 3.06. The van der Waals surface area contributed by atoms with E-state index in [1.54, 1.807) is 16.8 Å². The van der Waals surface area contributed by atoms with Crippen molar-refractivity contribution >= 4 is 5.65 Å². The predicted molar refractivity (Wildman–Crippen MR) is 99.6 cm³/mol. The molecule has 0 unspecified atom stereocenters. The highest BCUT2D eigenvalue weighted by Gasteiger charge is 2.13. The summed E-state index contributed by atoms with van der Waals surface area (Å²) < 4.78 is 1.80. The molecule has 2 aromatic carbocycles. The van der Waals surface area contributed by atoms with E-state index in [-0.39, 0.29) is 5.75 Å². The molecule has 124 valence electrons. The Hall–Kier alpha value is -3.14. The number of aromatic nitrogens is 3. The van der Waals surface area contributed by atoms with Gasteiger partial charge in [0, 0.05) is 23.4 Å². The average molecular weight is 329 g/mol. The van der Waals surface area contributed by atoms with Crippen LogP contribution in [0.4, 0.5) is 0 Å². The maximum Gasteiger partial charge on any atom is 0.156 e. The fourth-order valence-corrected chi connectivity index (χ4v) is 3.10. The minimum Gasteiger partial charge on any atom is -0.507 e. The Morgan fingerprint density at radius 3 is 2.64 bits per heavy atom. The van der Waals surface area contributed by atoms with Crippen molar-refractivity contribution in [1.82, 2.24) is 14.6 Å². The lowest BCUT2D eigenvalue weighted by Crippen LogP contribution is -1.97. The third-order valence-electron chi connectivity index (χ3n) is 4.52. The van der Waals surface area contributed by atoms with Crippen molar-refractivity contribution < 1.29 is 5.11 Å². The number of rotatable bonds is 3. The molecule has 0 aliphatic carbocycles. The van der Waals surface area contributed by atoms with E-state index in [0.29, 0.717) is 0 Å². The largest absolute Gasteiger partial charge is 0.507 e. The molecular weight excluding hydrogens is 310 g/mol. The van der Waals surface area contributed by atoms with Gasteiger partial charge in [0.1, 0.15) is 5.75 Å². The first-order chi connectivity index (χ1) is 12.2. The summed E-state index contributed by atoms with van der Waals surface area (Å²) >= 11 is 0. The van der Waals surface area contributed by atoms with Crippen LogP contribution in [0.5, 0.6) is 5.75 Å². The van der Waals surface area contributed by atoms with E-state index >= 15 is 0 Å². The number of phenols is 1. The van der Waals surface area contributed by atoms with Gasteiger partial charge in [-0.3, -0.25) is 0 Å². The first-order valence-corrected chi connectivity index (χ1v) is 8.40. The normalized spacial score (nSPS) is 11.1. The van der Waals surface area contributed by atoms with Crippen molar-refractivity contribution in [3.8, 4) is 28.3 Å². The summed E-state index contributed by atoms with van der Waals surface area (Å²) in [4.78, 5) is 4.43. The zero-order chi connectivity index (χ0) is 17.4. The molecule has 0 saturated heterocycles.